The van der Waals surface area contributed by atoms with Crippen molar-refractivity contribution >= 4 is 23.2 Å². The second kappa shape index (κ2) is 7.15. The first-order chi connectivity index (χ1) is 9.12. The normalized spacial score (nSPS) is 9.11. The van der Waals surface area contributed by atoms with Crippen LogP contribution in [0.25, 0.3) is 11.3 Å². The van der Waals surface area contributed by atoms with E-state index in [2.05, 4.69) is 11.9 Å². The monoisotopic (exact) mass is 278 g/mol. The smallest absolute Gasteiger partial charge is 0.258 e. The molecule has 0 saturated carbocycles. The van der Waals surface area contributed by atoms with E-state index in [9.17, 15) is 10.1 Å². The molecule has 0 aliphatic rings. The van der Waals surface area contributed by atoms with Gasteiger partial charge in [-0.05, 0) is 18.6 Å². The Kier molecular flexibility index (Phi) is 5.53. The van der Waals surface area contributed by atoms with Gasteiger partial charge in [-0.3, -0.25) is 10.1 Å². The van der Waals surface area contributed by atoms with Crippen molar-refractivity contribution in [3.8, 4) is 11.3 Å². The molecule has 0 radical (unpaired) electrons. The van der Waals surface area contributed by atoms with Crippen LogP contribution < -0.4 is 0 Å². The van der Waals surface area contributed by atoms with Crippen LogP contribution in [0.3, 0.4) is 0 Å². The van der Waals surface area contributed by atoms with Crippen LogP contribution >= 0.6 is 11.3 Å². The Morgan fingerprint density at radius 2 is 1.89 bits per heavy atom. The van der Waals surface area contributed by atoms with E-state index in [4.69, 9.17) is 9.59 Å². The van der Waals surface area contributed by atoms with E-state index < -0.39 is 4.92 Å². The lowest BCUT2D eigenvalue weighted by Gasteiger charge is -1.95. The molecular formula is C12H10N2O4S. The van der Waals surface area contributed by atoms with Crippen molar-refractivity contribution in [2.75, 3.05) is 0 Å². The molecule has 0 atom stereocenters. The highest BCUT2D eigenvalue weighted by molar-refractivity contribution is 7.09. The van der Waals surface area contributed by atoms with E-state index in [1.165, 1.54) is 12.1 Å². The van der Waals surface area contributed by atoms with Crippen LogP contribution in [-0.2, 0) is 16.0 Å². The van der Waals surface area contributed by atoms with Crippen LogP contribution in [-0.4, -0.2) is 16.1 Å². The molecule has 0 fully saturated rings. The van der Waals surface area contributed by atoms with Gasteiger partial charge in [0.25, 0.3) is 5.69 Å². The molecular weight excluding hydrogens is 268 g/mol. The molecule has 0 spiro atoms. The molecule has 1 aromatic heterocycles. The third kappa shape index (κ3) is 4.09. The van der Waals surface area contributed by atoms with Gasteiger partial charge in [-0.2, -0.15) is 9.59 Å². The predicted octanol–water partition coefficient (Wildman–Crippen LogP) is 2.70. The number of benzene rings is 1. The Morgan fingerprint density at radius 1 is 1.32 bits per heavy atom. The summed E-state index contributed by atoms with van der Waals surface area (Å²) in [6, 6.07) is 6.46. The molecule has 7 heteroatoms. The lowest BCUT2D eigenvalue weighted by molar-refractivity contribution is -0.384. The summed E-state index contributed by atoms with van der Waals surface area (Å²) >= 11 is 1.61. The van der Waals surface area contributed by atoms with Crippen molar-refractivity contribution in [2.24, 2.45) is 0 Å². The van der Waals surface area contributed by atoms with Crippen molar-refractivity contribution < 1.29 is 14.5 Å². The second-order valence-corrected chi connectivity index (χ2v) is 4.31. The van der Waals surface area contributed by atoms with E-state index in [-0.39, 0.29) is 11.8 Å². The molecule has 0 unspecified atom stereocenters. The number of aryl methyl sites for hydroxylation is 1. The first kappa shape index (κ1) is 14.7. The fraction of sp³-hybridized carbons (Fsp3) is 0.167. The summed E-state index contributed by atoms with van der Waals surface area (Å²) in [4.78, 5) is 30.8. The number of hydrogen-bond donors (Lipinski definition) is 0. The molecule has 0 aliphatic heterocycles. The van der Waals surface area contributed by atoms with E-state index in [0.29, 0.717) is 0 Å². The molecule has 1 heterocycles. The fourth-order valence-corrected chi connectivity index (χ4v) is 2.11. The third-order valence-corrected chi connectivity index (χ3v) is 3.22. The number of non-ortho nitro benzene ring substituents is 1. The van der Waals surface area contributed by atoms with E-state index >= 15 is 0 Å². The Labute approximate surface area is 112 Å². The third-order valence-electron chi connectivity index (χ3n) is 2.23. The number of aromatic nitrogens is 1. The number of nitro benzene ring substituents is 1. The zero-order valence-corrected chi connectivity index (χ0v) is 10.8. The quantitative estimate of drug-likeness (QED) is 0.636. The molecule has 2 aromatic rings. The van der Waals surface area contributed by atoms with Crippen molar-refractivity contribution in [3.05, 3.63) is 44.8 Å². The topological polar surface area (TPSA) is 90.2 Å². The number of nitrogens with zero attached hydrogens (tertiary/aromatic N) is 2. The standard InChI is InChI=1S/C11H10N2O2S.CO2/c1-2-11-12-10(7-16-11)8-3-5-9(6-4-8)13(14)15;2-1-3/h3-7H,2H2,1H3;. The number of carbonyl (C=O) groups excluding carboxylic acids is 2. The Morgan fingerprint density at radius 3 is 2.32 bits per heavy atom. The number of rotatable bonds is 3. The van der Waals surface area contributed by atoms with Gasteiger partial charge in [0.2, 0.25) is 0 Å². The van der Waals surface area contributed by atoms with Crippen LogP contribution in [0.15, 0.2) is 29.6 Å². The molecule has 0 saturated heterocycles. The maximum Gasteiger partial charge on any atom is 0.373 e. The molecule has 98 valence electrons. The van der Waals surface area contributed by atoms with Gasteiger partial charge in [0.1, 0.15) is 0 Å². The predicted molar refractivity (Wildman–Crippen MR) is 68.6 cm³/mol. The van der Waals surface area contributed by atoms with Gasteiger partial charge in [0, 0.05) is 23.1 Å². The molecule has 0 bridgehead atoms. The van der Waals surface area contributed by atoms with Crippen LogP contribution in [0.5, 0.6) is 0 Å². The van der Waals surface area contributed by atoms with Gasteiger partial charge in [0.05, 0.1) is 15.6 Å². The summed E-state index contributed by atoms with van der Waals surface area (Å²) < 4.78 is 0. The largest absolute Gasteiger partial charge is 0.373 e. The minimum absolute atomic E-state index is 0.106. The van der Waals surface area contributed by atoms with Gasteiger partial charge in [0.15, 0.2) is 0 Å². The van der Waals surface area contributed by atoms with Gasteiger partial charge in [-0.15, -0.1) is 11.3 Å². The SMILES string of the molecule is CCc1nc(-c2ccc([N+](=O)[O-])cc2)cs1.O=C=O. The van der Waals surface area contributed by atoms with Gasteiger partial charge in [-0.1, -0.05) is 6.92 Å². The number of nitro groups is 1. The molecule has 1 aromatic carbocycles. The summed E-state index contributed by atoms with van der Waals surface area (Å²) in [7, 11) is 0. The van der Waals surface area contributed by atoms with Crippen LogP contribution in [0.4, 0.5) is 5.69 Å². The Bertz CT molecular complexity index is 586. The van der Waals surface area contributed by atoms with E-state index in [1.807, 2.05) is 5.38 Å². The molecule has 6 nitrogen and oxygen atoms in total. The summed E-state index contributed by atoms with van der Waals surface area (Å²) in [5.74, 6) is 0. The summed E-state index contributed by atoms with van der Waals surface area (Å²) in [5, 5.41) is 13.5. The van der Waals surface area contributed by atoms with Crippen molar-refractivity contribution in [3.63, 3.8) is 0 Å². The highest BCUT2D eigenvalue weighted by Gasteiger charge is 2.07. The Balaban J connectivity index is 0.000000550. The van der Waals surface area contributed by atoms with Gasteiger partial charge in [-0.25, -0.2) is 4.98 Å². The molecule has 2 rings (SSSR count). The van der Waals surface area contributed by atoms with Crippen molar-refractivity contribution in [1.82, 2.24) is 4.98 Å². The minimum Gasteiger partial charge on any atom is -0.258 e. The summed E-state index contributed by atoms with van der Waals surface area (Å²) in [6.07, 6.45) is 1.16. The van der Waals surface area contributed by atoms with Crippen molar-refractivity contribution in [1.29, 1.82) is 0 Å². The highest BCUT2D eigenvalue weighted by atomic mass is 32.1. The second-order valence-electron chi connectivity index (χ2n) is 3.37. The van der Waals surface area contributed by atoms with Crippen LogP contribution in [0, 0.1) is 10.1 Å². The molecule has 0 amide bonds. The van der Waals surface area contributed by atoms with Crippen molar-refractivity contribution in [2.45, 2.75) is 13.3 Å². The number of thiazole rings is 1. The van der Waals surface area contributed by atoms with Gasteiger partial charge < -0.3 is 0 Å². The lowest BCUT2D eigenvalue weighted by Crippen LogP contribution is -1.87. The first-order valence-corrected chi connectivity index (χ1v) is 6.18. The van der Waals surface area contributed by atoms with Crippen LogP contribution in [0.1, 0.15) is 11.9 Å². The maximum absolute atomic E-state index is 10.5. The Hall–Kier alpha value is -2.37. The maximum atomic E-state index is 10.5. The number of hydrogen-bond acceptors (Lipinski definition) is 6. The molecule has 0 aliphatic carbocycles. The molecule has 19 heavy (non-hydrogen) atoms. The summed E-state index contributed by atoms with van der Waals surface area (Å²) in [5.41, 5.74) is 1.91. The average Bonchev–Trinajstić information content (AvgIpc) is 2.88. The van der Waals surface area contributed by atoms with Gasteiger partial charge >= 0.3 is 6.15 Å². The average molecular weight is 278 g/mol. The minimum atomic E-state index is -0.400. The summed E-state index contributed by atoms with van der Waals surface area (Å²) in [6.45, 7) is 2.05. The lowest BCUT2D eigenvalue weighted by atomic mass is 10.1. The van der Waals surface area contributed by atoms with E-state index in [0.717, 1.165) is 22.7 Å². The van der Waals surface area contributed by atoms with Crippen LogP contribution in [0.2, 0.25) is 0 Å². The fourth-order valence-electron chi connectivity index (χ4n) is 1.36. The highest BCUT2D eigenvalue weighted by Crippen LogP contribution is 2.24. The zero-order valence-electron chi connectivity index (χ0n) is 10.0. The first-order valence-electron chi connectivity index (χ1n) is 5.30. The molecule has 0 N–H and O–H groups in total. The zero-order chi connectivity index (χ0) is 14.3. The van der Waals surface area contributed by atoms with E-state index in [1.54, 1.807) is 23.5 Å².